The van der Waals surface area contributed by atoms with E-state index < -0.39 is 5.41 Å². The molecule has 0 bridgehead atoms. The Bertz CT molecular complexity index is 358. The van der Waals surface area contributed by atoms with Crippen molar-refractivity contribution in [1.82, 2.24) is 0 Å². The molecule has 0 aliphatic heterocycles. The molecule has 0 saturated heterocycles. The summed E-state index contributed by atoms with van der Waals surface area (Å²) in [5.41, 5.74) is 6.28. The maximum atomic E-state index is 12.3. The monoisotopic (exact) mass is 235 g/mol. The van der Waals surface area contributed by atoms with Crippen molar-refractivity contribution in [3.63, 3.8) is 0 Å². The normalized spacial score (nSPS) is 11.5. The second-order valence-electron chi connectivity index (χ2n) is 4.46. The minimum Gasteiger partial charge on any atom is -0.508 e. The van der Waals surface area contributed by atoms with Gasteiger partial charge in [-0.3, -0.25) is 4.79 Å². The van der Waals surface area contributed by atoms with E-state index in [-0.39, 0.29) is 11.5 Å². The summed E-state index contributed by atoms with van der Waals surface area (Å²) in [6.07, 6.45) is 1.94. The standard InChI is InChI=1S/C14H21NO2/c1-3-14(4-2,10-15)13(17)9-11-5-7-12(16)8-6-11/h5-8,16H,3-4,9-10,15H2,1-2H3. The van der Waals surface area contributed by atoms with Crippen molar-refractivity contribution in [2.45, 2.75) is 33.1 Å². The second-order valence-corrected chi connectivity index (χ2v) is 4.46. The van der Waals surface area contributed by atoms with Crippen LogP contribution in [0.25, 0.3) is 0 Å². The van der Waals surface area contributed by atoms with E-state index in [9.17, 15) is 9.90 Å². The summed E-state index contributed by atoms with van der Waals surface area (Å²) in [7, 11) is 0. The molecule has 0 aliphatic carbocycles. The highest BCUT2D eigenvalue weighted by Crippen LogP contribution is 2.28. The van der Waals surface area contributed by atoms with E-state index in [0.717, 1.165) is 18.4 Å². The maximum absolute atomic E-state index is 12.3. The quantitative estimate of drug-likeness (QED) is 0.795. The molecule has 0 saturated carbocycles. The predicted octanol–water partition coefficient (Wildman–Crippen LogP) is 2.27. The fraction of sp³-hybridized carbons (Fsp3) is 0.500. The lowest BCUT2D eigenvalue weighted by atomic mass is 9.76. The third kappa shape index (κ3) is 3.07. The predicted molar refractivity (Wildman–Crippen MR) is 68.9 cm³/mol. The van der Waals surface area contributed by atoms with Crippen molar-refractivity contribution in [2.24, 2.45) is 11.1 Å². The number of phenolic OH excluding ortho intramolecular Hbond substituents is 1. The number of carbonyl (C=O) groups excluding carboxylic acids is 1. The van der Waals surface area contributed by atoms with E-state index in [0.29, 0.717) is 13.0 Å². The summed E-state index contributed by atoms with van der Waals surface area (Å²) in [6, 6.07) is 6.76. The van der Waals surface area contributed by atoms with Crippen LogP contribution in [0, 0.1) is 5.41 Å². The fourth-order valence-electron chi connectivity index (χ4n) is 2.03. The van der Waals surface area contributed by atoms with Gasteiger partial charge >= 0.3 is 0 Å². The van der Waals surface area contributed by atoms with Crippen molar-refractivity contribution in [3.8, 4) is 5.75 Å². The van der Waals surface area contributed by atoms with Crippen LogP contribution in [-0.2, 0) is 11.2 Å². The van der Waals surface area contributed by atoms with E-state index >= 15 is 0 Å². The lowest BCUT2D eigenvalue weighted by Crippen LogP contribution is -2.38. The molecule has 0 unspecified atom stereocenters. The number of aromatic hydroxyl groups is 1. The number of Topliss-reactive ketones (excluding diaryl/α,β-unsaturated/α-hetero) is 1. The van der Waals surface area contributed by atoms with Gasteiger partial charge in [0.1, 0.15) is 11.5 Å². The first kappa shape index (κ1) is 13.7. The van der Waals surface area contributed by atoms with Crippen LogP contribution < -0.4 is 5.73 Å². The van der Waals surface area contributed by atoms with Crippen LogP contribution in [0.5, 0.6) is 5.75 Å². The van der Waals surface area contributed by atoms with E-state index in [1.165, 1.54) is 0 Å². The smallest absolute Gasteiger partial charge is 0.144 e. The number of carbonyl (C=O) groups is 1. The van der Waals surface area contributed by atoms with Crippen LogP contribution in [0.3, 0.4) is 0 Å². The molecule has 0 aliphatic rings. The zero-order valence-corrected chi connectivity index (χ0v) is 10.6. The third-order valence-corrected chi connectivity index (χ3v) is 3.64. The molecule has 0 spiro atoms. The SMILES string of the molecule is CCC(CC)(CN)C(=O)Cc1ccc(O)cc1. The number of benzene rings is 1. The van der Waals surface area contributed by atoms with Crippen molar-refractivity contribution in [3.05, 3.63) is 29.8 Å². The molecule has 1 rings (SSSR count). The average Bonchev–Trinajstić information content (AvgIpc) is 2.35. The van der Waals surface area contributed by atoms with Gasteiger partial charge in [-0.2, -0.15) is 0 Å². The van der Waals surface area contributed by atoms with Crippen molar-refractivity contribution in [2.75, 3.05) is 6.54 Å². The summed E-state index contributed by atoms with van der Waals surface area (Å²) in [6.45, 7) is 4.41. The van der Waals surface area contributed by atoms with Gasteiger partial charge in [-0.25, -0.2) is 0 Å². The van der Waals surface area contributed by atoms with Crippen LogP contribution in [-0.4, -0.2) is 17.4 Å². The van der Waals surface area contributed by atoms with Crippen molar-refractivity contribution >= 4 is 5.78 Å². The van der Waals surface area contributed by atoms with Gasteiger partial charge in [-0.1, -0.05) is 26.0 Å². The number of phenols is 1. The lowest BCUT2D eigenvalue weighted by Gasteiger charge is -2.28. The summed E-state index contributed by atoms with van der Waals surface area (Å²) < 4.78 is 0. The molecule has 1 aromatic rings. The number of rotatable bonds is 6. The summed E-state index contributed by atoms with van der Waals surface area (Å²) in [4.78, 5) is 12.3. The zero-order chi connectivity index (χ0) is 12.9. The maximum Gasteiger partial charge on any atom is 0.144 e. The Morgan fingerprint density at radius 1 is 1.24 bits per heavy atom. The van der Waals surface area contributed by atoms with E-state index in [2.05, 4.69) is 0 Å². The van der Waals surface area contributed by atoms with Gasteiger partial charge in [0.05, 0.1) is 0 Å². The summed E-state index contributed by atoms with van der Waals surface area (Å²) >= 11 is 0. The number of ketones is 1. The minimum absolute atomic E-state index is 0.190. The van der Waals surface area contributed by atoms with Crippen LogP contribution in [0.1, 0.15) is 32.3 Å². The van der Waals surface area contributed by atoms with E-state index in [1.807, 2.05) is 13.8 Å². The first-order chi connectivity index (χ1) is 8.07. The van der Waals surface area contributed by atoms with Gasteiger partial charge in [0.2, 0.25) is 0 Å². The molecule has 0 radical (unpaired) electrons. The van der Waals surface area contributed by atoms with Crippen molar-refractivity contribution in [1.29, 1.82) is 0 Å². The van der Waals surface area contributed by atoms with Gasteiger partial charge < -0.3 is 10.8 Å². The highest BCUT2D eigenvalue weighted by atomic mass is 16.3. The lowest BCUT2D eigenvalue weighted by molar-refractivity contribution is -0.128. The van der Waals surface area contributed by atoms with Gasteiger partial charge in [-0.05, 0) is 30.5 Å². The summed E-state index contributed by atoms with van der Waals surface area (Å²) in [5, 5.41) is 9.18. The Morgan fingerprint density at radius 2 is 1.76 bits per heavy atom. The Morgan fingerprint density at radius 3 is 2.18 bits per heavy atom. The van der Waals surface area contributed by atoms with Crippen molar-refractivity contribution < 1.29 is 9.90 Å². The molecule has 0 aromatic heterocycles. The van der Waals surface area contributed by atoms with Crippen LogP contribution >= 0.6 is 0 Å². The van der Waals surface area contributed by atoms with Gasteiger partial charge in [0.15, 0.2) is 0 Å². The Balaban J connectivity index is 2.80. The molecule has 94 valence electrons. The molecule has 17 heavy (non-hydrogen) atoms. The Kier molecular flexibility index (Phi) is 4.70. The largest absolute Gasteiger partial charge is 0.508 e. The van der Waals surface area contributed by atoms with E-state index in [4.69, 9.17) is 5.73 Å². The van der Waals surface area contributed by atoms with Crippen LogP contribution in [0.2, 0.25) is 0 Å². The molecule has 3 N–H and O–H groups in total. The highest BCUT2D eigenvalue weighted by Gasteiger charge is 2.32. The molecule has 0 atom stereocenters. The molecule has 3 heteroatoms. The molecule has 0 amide bonds. The highest BCUT2D eigenvalue weighted by molar-refractivity contribution is 5.87. The van der Waals surface area contributed by atoms with Gasteiger partial charge in [0, 0.05) is 18.4 Å². The number of nitrogens with two attached hydrogens (primary N) is 1. The molecule has 0 fully saturated rings. The molecule has 1 aromatic carbocycles. The van der Waals surface area contributed by atoms with Crippen LogP contribution in [0.4, 0.5) is 0 Å². The molecular formula is C14H21NO2. The third-order valence-electron chi connectivity index (χ3n) is 3.64. The second kappa shape index (κ2) is 5.82. The van der Waals surface area contributed by atoms with Crippen LogP contribution in [0.15, 0.2) is 24.3 Å². The Labute approximate surface area is 103 Å². The number of hydrogen-bond acceptors (Lipinski definition) is 3. The molecule has 3 nitrogen and oxygen atoms in total. The topological polar surface area (TPSA) is 63.3 Å². The Hall–Kier alpha value is -1.35. The average molecular weight is 235 g/mol. The fourth-order valence-corrected chi connectivity index (χ4v) is 2.03. The number of hydrogen-bond donors (Lipinski definition) is 2. The first-order valence-corrected chi connectivity index (χ1v) is 6.09. The van der Waals surface area contributed by atoms with E-state index in [1.54, 1.807) is 24.3 Å². The summed E-state index contributed by atoms with van der Waals surface area (Å²) in [5.74, 6) is 0.410. The van der Waals surface area contributed by atoms with Gasteiger partial charge in [-0.15, -0.1) is 0 Å². The zero-order valence-electron chi connectivity index (χ0n) is 10.6. The first-order valence-electron chi connectivity index (χ1n) is 6.09. The van der Waals surface area contributed by atoms with Gasteiger partial charge in [0.25, 0.3) is 0 Å². The minimum atomic E-state index is -0.391. The molecule has 0 heterocycles. The molecular weight excluding hydrogens is 214 g/mol.